The minimum absolute atomic E-state index is 0.0108. The number of nitrogens with one attached hydrogen (secondary N) is 5. The smallest absolute Gasteiger partial charge is 0.410 e. The molecule has 8 N–H and O–H groups in total. The largest absolute Gasteiger partial charge is 0.477 e. The first kappa shape index (κ1) is 45.9. The number of carboxylic acid groups (broad SMARTS) is 1. The van der Waals surface area contributed by atoms with Gasteiger partial charge in [0.15, 0.2) is 5.96 Å². The number of nitrogens with zero attached hydrogens (tertiary/aromatic N) is 3. The van der Waals surface area contributed by atoms with Gasteiger partial charge in [-0.15, -0.1) is 0 Å². The second-order valence-electron chi connectivity index (χ2n) is 15.0. The van der Waals surface area contributed by atoms with E-state index in [-0.39, 0.29) is 75.3 Å². The molecule has 0 bridgehead atoms. The summed E-state index contributed by atoms with van der Waals surface area (Å²) in [4.78, 5) is 80.2. The number of halogens is 1. The molecule has 1 aromatic heterocycles. The molecule has 1 aliphatic heterocycles. The number of hydrogen-bond donors (Lipinski definition) is 7. The predicted molar refractivity (Wildman–Crippen MR) is 229 cm³/mol. The van der Waals surface area contributed by atoms with Gasteiger partial charge in [0.05, 0.1) is 11.2 Å². The van der Waals surface area contributed by atoms with E-state index in [4.69, 9.17) is 20.6 Å². The van der Waals surface area contributed by atoms with Gasteiger partial charge in [0.1, 0.15) is 36.7 Å². The van der Waals surface area contributed by atoms with Crippen molar-refractivity contribution < 1.29 is 42.9 Å². The highest BCUT2D eigenvalue weighted by atomic mass is 19.1. The zero-order chi connectivity index (χ0) is 44.9. The molecule has 18 nitrogen and oxygen atoms in total. The number of guanidine groups is 1. The van der Waals surface area contributed by atoms with Crippen LogP contribution in [0, 0.1) is 17.1 Å². The molecule has 1 fully saturated rings. The first-order chi connectivity index (χ1) is 29.6. The quantitative estimate of drug-likeness (QED) is 0.0453. The van der Waals surface area contributed by atoms with Crippen LogP contribution in [-0.2, 0) is 38.8 Å². The van der Waals surface area contributed by atoms with E-state index in [1.54, 1.807) is 66.6 Å². The van der Waals surface area contributed by atoms with E-state index in [0.717, 1.165) is 11.6 Å². The van der Waals surface area contributed by atoms with E-state index in [2.05, 4.69) is 21.3 Å². The summed E-state index contributed by atoms with van der Waals surface area (Å²) in [6.45, 7) is 6.88. The first-order valence-corrected chi connectivity index (χ1v) is 20.2. The fourth-order valence-corrected chi connectivity index (χ4v) is 6.82. The van der Waals surface area contributed by atoms with Crippen LogP contribution in [0.1, 0.15) is 55.1 Å². The highest BCUT2D eigenvalue weighted by Gasteiger charge is 2.30. The van der Waals surface area contributed by atoms with Crippen molar-refractivity contribution >= 4 is 58.2 Å². The van der Waals surface area contributed by atoms with Crippen LogP contribution in [0.4, 0.5) is 25.4 Å². The minimum Gasteiger partial charge on any atom is -0.477 e. The molecule has 0 aliphatic carbocycles. The number of ether oxygens (including phenoxy) is 2. The fourth-order valence-electron chi connectivity index (χ4n) is 6.82. The standard InChI is InChI=1S/C43H52FN9O9/c1-4-51-23-31(40(57)58)37(54)30-21-32(44)35(22-34(30)51)52-17-19-53(20-18-52)43(60)62-25-28-12-14-29(15-13-28)48-38(55)33(11-8-16-47-41(45)46)49-39(56)36(26(2)3)50-42(59)61-24-27-9-6-5-7-10-27/h5-7,9-10,12-15,21-23,26,33,36H,4,8,11,16-20,24-25H2,1-3H3,(H,48,55)(H,49,56)(H,50,59)(H,57,58)(H4,45,46,47)/t33-,36?/m0/s1. The Morgan fingerprint density at radius 3 is 2.19 bits per heavy atom. The molecule has 4 amide bonds. The molecular weight excluding hydrogens is 806 g/mol. The zero-order valence-electron chi connectivity index (χ0n) is 34.7. The zero-order valence-corrected chi connectivity index (χ0v) is 34.7. The Balaban J connectivity index is 1.14. The van der Waals surface area contributed by atoms with Gasteiger partial charge < -0.3 is 55.9 Å². The number of benzene rings is 3. The van der Waals surface area contributed by atoms with Gasteiger partial charge in [-0.2, -0.15) is 0 Å². The molecule has 1 aliphatic rings. The van der Waals surface area contributed by atoms with E-state index >= 15 is 4.39 Å². The Morgan fingerprint density at radius 1 is 0.903 bits per heavy atom. The van der Waals surface area contributed by atoms with Crippen molar-refractivity contribution in [2.75, 3.05) is 42.9 Å². The van der Waals surface area contributed by atoms with Gasteiger partial charge in [0.25, 0.3) is 0 Å². The van der Waals surface area contributed by atoms with Crippen molar-refractivity contribution in [3.63, 3.8) is 0 Å². The number of fused-ring (bicyclic) bond motifs is 1. The number of rotatable bonds is 17. The van der Waals surface area contributed by atoms with E-state index in [1.165, 1.54) is 17.2 Å². The molecule has 0 radical (unpaired) electrons. The summed E-state index contributed by atoms with van der Waals surface area (Å²) in [6, 6.07) is 16.2. The van der Waals surface area contributed by atoms with Crippen LogP contribution in [0.5, 0.6) is 0 Å². The van der Waals surface area contributed by atoms with Crippen LogP contribution in [0.2, 0.25) is 0 Å². The number of carboxylic acids is 1. The van der Waals surface area contributed by atoms with Crippen molar-refractivity contribution in [2.24, 2.45) is 11.7 Å². The maximum absolute atomic E-state index is 15.3. The van der Waals surface area contributed by atoms with Gasteiger partial charge in [-0.3, -0.25) is 19.8 Å². The van der Waals surface area contributed by atoms with Gasteiger partial charge in [-0.05, 0) is 61.1 Å². The van der Waals surface area contributed by atoms with Crippen molar-refractivity contribution in [2.45, 2.75) is 65.5 Å². The predicted octanol–water partition coefficient (Wildman–Crippen LogP) is 3.96. The number of aromatic carboxylic acids is 1. The Morgan fingerprint density at radius 2 is 1.56 bits per heavy atom. The summed E-state index contributed by atoms with van der Waals surface area (Å²) in [5, 5.41) is 27.6. The van der Waals surface area contributed by atoms with Crippen molar-refractivity contribution in [3.8, 4) is 0 Å². The summed E-state index contributed by atoms with van der Waals surface area (Å²) < 4.78 is 27.8. The van der Waals surface area contributed by atoms with Crippen LogP contribution < -0.4 is 37.3 Å². The highest BCUT2D eigenvalue weighted by molar-refractivity contribution is 5.98. The fraction of sp³-hybridized carbons (Fsp3) is 0.372. The lowest BCUT2D eigenvalue weighted by atomic mass is 10.0. The molecule has 1 saturated heterocycles. The molecule has 4 aromatic rings. The molecule has 5 rings (SSSR count). The molecule has 0 saturated carbocycles. The van der Waals surface area contributed by atoms with Crippen LogP contribution >= 0.6 is 0 Å². The monoisotopic (exact) mass is 857 g/mol. The average molecular weight is 858 g/mol. The molecule has 330 valence electrons. The second kappa shape index (κ2) is 21.4. The third-order valence-corrected chi connectivity index (χ3v) is 10.2. The molecule has 19 heteroatoms. The van der Waals surface area contributed by atoms with Gasteiger partial charge in [0.2, 0.25) is 17.2 Å². The van der Waals surface area contributed by atoms with Crippen molar-refractivity contribution in [1.29, 1.82) is 5.41 Å². The number of aryl methyl sites for hydroxylation is 1. The second-order valence-corrected chi connectivity index (χ2v) is 15.0. The highest BCUT2D eigenvalue weighted by Crippen LogP contribution is 2.27. The Bertz CT molecular complexity index is 2320. The molecular formula is C43H52FN9O9. The Hall–Kier alpha value is -7.18. The number of carbonyl (C=O) groups is 5. The van der Waals surface area contributed by atoms with Crippen LogP contribution in [0.25, 0.3) is 10.9 Å². The Kier molecular flexibility index (Phi) is 15.8. The van der Waals surface area contributed by atoms with Gasteiger partial charge >= 0.3 is 18.2 Å². The maximum atomic E-state index is 15.3. The number of anilines is 2. The number of amides is 4. The van der Waals surface area contributed by atoms with Crippen LogP contribution in [-0.4, -0.2) is 95.3 Å². The van der Waals surface area contributed by atoms with Crippen molar-refractivity contribution in [3.05, 3.63) is 106 Å². The normalized spacial score (nSPS) is 13.5. The average Bonchev–Trinajstić information content (AvgIpc) is 3.25. The SMILES string of the molecule is CCn1cc(C(=O)O)c(=O)c2cc(F)c(N3CCN(C(=O)OCc4ccc(NC(=O)[C@H](CCCNC(=N)N)NC(=O)C(NC(=O)OCc5ccccc5)C(C)C)cc4)CC3)cc21. The van der Waals surface area contributed by atoms with Crippen LogP contribution in [0.3, 0.4) is 0 Å². The molecule has 3 aromatic carbocycles. The lowest BCUT2D eigenvalue weighted by Crippen LogP contribution is -2.54. The van der Waals surface area contributed by atoms with E-state index in [1.807, 2.05) is 18.2 Å². The third-order valence-electron chi connectivity index (χ3n) is 10.2. The summed E-state index contributed by atoms with van der Waals surface area (Å²) >= 11 is 0. The minimum atomic E-state index is -1.39. The van der Waals surface area contributed by atoms with Gasteiger partial charge in [-0.25, -0.2) is 18.8 Å². The third kappa shape index (κ3) is 12.2. The topological polar surface area (TPSA) is 251 Å². The number of hydrogen-bond acceptors (Lipinski definition) is 10. The number of piperazine rings is 1. The summed E-state index contributed by atoms with van der Waals surface area (Å²) in [5.74, 6) is -3.76. The lowest BCUT2D eigenvalue weighted by molar-refractivity contribution is -0.128. The van der Waals surface area contributed by atoms with E-state index in [0.29, 0.717) is 29.7 Å². The van der Waals surface area contributed by atoms with E-state index in [9.17, 15) is 33.9 Å². The van der Waals surface area contributed by atoms with Crippen molar-refractivity contribution in [1.82, 2.24) is 25.4 Å². The number of pyridine rings is 1. The number of carbonyl (C=O) groups excluding carboxylic acids is 4. The molecule has 62 heavy (non-hydrogen) atoms. The van der Waals surface area contributed by atoms with E-state index < -0.39 is 58.9 Å². The summed E-state index contributed by atoms with van der Waals surface area (Å²) in [5.41, 5.74) is 6.64. The summed E-state index contributed by atoms with van der Waals surface area (Å²) in [6.07, 6.45) is 0.442. The molecule has 2 heterocycles. The van der Waals surface area contributed by atoms with Gasteiger partial charge in [0, 0.05) is 56.5 Å². The first-order valence-electron chi connectivity index (χ1n) is 20.2. The van der Waals surface area contributed by atoms with Crippen LogP contribution in [0.15, 0.2) is 77.7 Å². The molecule has 1 unspecified atom stereocenters. The lowest BCUT2D eigenvalue weighted by Gasteiger charge is -2.35. The van der Waals surface area contributed by atoms with Gasteiger partial charge in [-0.1, -0.05) is 56.3 Å². The Labute approximate surface area is 357 Å². The summed E-state index contributed by atoms with van der Waals surface area (Å²) in [7, 11) is 0. The number of alkyl carbamates (subject to hydrolysis) is 1. The molecule has 0 spiro atoms. The molecule has 2 atom stereocenters. The maximum Gasteiger partial charge on any atom is 0.410 e. The number of aromatic nitrogens is 1. The number of nitrogens with two attached hydrogens (primary N) is 1.